The fourth-order valence-corrected chi connectivity index (χ4v) is 4.90. The third kappa shape index (κ3) is 4.93. The zero-order valence-electron chi connectivity index (χ0n) is 20.9. The summed E-state index contributed by atoms with van der Waals surface area (Å²) in [5.74, 6) is 1.45. The first kappa shape index (κ1) is 23.9. The van der Waals surface area contributed by atoms with Gasteiger partial charge in [0.2, 0.25) is 6.79 Å². The molecule has 36 heavy (non-hydrogen) atoms. The lowest BCUT2D eigenvalue weighted by molar-refractivity contribution is 0.174. The van der Waals surface area contributed by atoms with Crippen molar-refractivity contribution in [2.75, 3.05) is 12.1 Å². The van der Waals surface area contributed by atoms with Crippen molar-refractivity contribution in [2.45, 2.75) is 40.8 Å². The Morgan fingerprint density at radius 2 is 1.69 bits per heavy atom. The smallest absolute Gasteiger partial charge is 0.253 e. The van der Waals surface area contributed by atoms with Crippen LogP contribution in [0, 0.1) is 27.7 Å². The van der Waals surface area contributed by atoms with Gasteiger partial charge in [-0.05, 0) is 92.3 Å². The quantitative estimate of drug-likeness (QED) is 0.334. The molecule has 0 atom stereocenters. The number of ether oxygens (including phenoxy) is 2. The van der Waals surface area contributed by atoms with Crippen molar-refractivity contribution < 1.29 is 9.47 Å². The van der Waals surface area contributed by atoms with E-state index in [9.17, 15) is 4.79 Å². The lowest BCUT2D eigenvalue weighted by Gasteiger charge is -2.27. The SMILES string of the molecule is Cc1ccc(NC(=S)N(Cc2ccc3c(c2)OCO3)Cc2cc3cc(C)cc(C)c3[nH]c2=O)c(C)c1. The topological polar surface area (TPSA) is 66.6 Å². The third-order valence-electron chi connectivity index (χ3n) is 6.45. The zero-order chi connectivity index (χ0) is 25.4. The number of benzene rings is 3. The molecule has 5 rings (SSSR count). The number of hydrogen-bond donors (Lipinski definition) is 2. The van der Waals surface area contributed by atoms with E-state index in [2.05, 4.69) is 55.3 Å². The van der Waals surface area contributed by atoms with Crippen LogP contribution in [0.4, 0.5) is 5.69 Å². The Kier molecular flexibility index (Phi) is 6.41. The summed E-state index contributed by atoms with van der Waals surface area (Å²) >= 11 is 5.87. The van der Waals surface area contributed by atoms with E-state index in [1.165, 1.54) is 5.56 Å². The van der Waals surface area contributed by atoms with Crippen molar-refractivity contribution in [3.63, 3.8) is 0 Å². The van der Waals surface area contributed by atoms with Gasteiger partial charge in [-0.1, -0.05) is 35.4 Å². The van der Waals surface area contributed by atoms with E-state index in [-0.39, 0.29) is 12.4 Å². The highest BCUT2D eigenvalue weighted by molar-refractivity contribution is 7.80. The van der Waals surface area contributed by atoms with Crippen molar-refractivity contribution >= 4 is 33.9 Å². The Bertz CT molecular complexity index is 1540. The first-order valence-electron chi connectivity index (χ1n) is 11.9. The molecule has 0 unspecified atom stereocenters. The fourth-order valence-electron chi connectivity index (χ4n) is 4.66. The molecule has 7 heteroatoms. The van der Waals surface area contributed by atoms with E-state index in [0.717, 1.165) is 50.3 Å². The van der Waals surface area contributed by atoms with Gasteiger partial charge in [-0.25, -0.2) is 0 Å². The number of aryl methyl sites for hydroxylation is 4. The lowest BCUT2D eigenvalue weighted by Crippen LogP contribution is -2.35. The van der Waals surface area contributed by atoms with E-state index in [0.29, 0.717) is 23.8 Å². The van der Waals surface area contributed by atoms with Crippen LogP contribution in [0.15, 0.2) is 59.4 Å². The van der Waals surface area contributed by atoms with E-state index < -0.39 is 0 Å². The van der Waals surface area contributed by atoms with Gasteiger partial charge in [0.1, 0.15) is 0 Å². The van der Waals surface area contributed by atoms with Crippen LogP contribution in [-0.4, -0.2) is 21.8 Å². The van der Waals surface area contributed by atoms with Crippen LogP contribution in [0.2, 0.25) is 0 Å². The van der Waals surface area contributed by atoms with Gasteiger partial charge in [0.15, 0.2) is 16.6 Å². The van der Waals surface area contributed by atoms with E-state index in [1.807, 2.05) is 42.2 Å². The Labute approximate surface area is 215 Å². The van der Waals surface area contributed by atoms with Crippen LogP contribution in [0.25, 0.3) is 10.9 Å². The summed E-state index contributed by atoms with van der Waals surface area (Å²) < 4.78 is 11.0. The highest BCUT2D eigenvalue weighted by Crippen LogP contribution is 2.33. The number of anilines is 1. The standard InChI is InChI=1S/C29H29N3O3S/c1-17-5-7-24(19(3)9-17)30-29(36)32(14-21-6-8-25-26(12-21)35-16-34-25)15-23-13-22-11-18(2)10-20(4)27(22)31-28(23)33/h5-13H,14-16H2,1-4H3,(H,30,36)(H,31,33). The van der Waals surface area contributed by atoms with Gasteiger partial charge in [-0.2, -0.15) is 0 Å². The van der Waals surface area contributed by atoms with Crippen molar-refractivity contribution in [3.05, 3.63) is 98.3 Å². The molecule has 2 heterocycles. The predicted molar refractivity (Wildman–Crippen MR) is 148 cm³/mol. The molecule has 0 spiro atoms. The zero-order valence-corrected chi connectivity index (χ0v) is 21.7. The van der Waals surface area contributed by atoms with Crippen LogP contribution in [0.1, 0.15) is 33.4 Å². The van der Waals surface area contributed by atoms with Gasteiger partial charge < -0.3 is 24.7 Å². The van der Waals surface area contributed by atoms with Gasteiger partial charge in [-0.15, -0.1) is 0 Å². The summed E-state index contributed by atoms with van der Waals surface area (Å²) in [4.78, 5) is 18.2. The van der Waals surface area contributed by atoms with Gasteiger partial charge in [0.05, 0.1) is 12.1 Å². The number of rotatable bonds is 5. The summed E-state index contributed by atoms with van der Waals surface area (Å²) in [5.41, 5.74) is 7.86. The number of hydrogen-bond acceptors (Lipinski definition) is 4. The second kappa shape index (κ2) is 9.66. The Morgan fingerprint density at radius 3 is 2.50 bits per heavy atom. The molecule has 0 amide bonds. The lowest BCUT2D eigenvalue weighted by atomic mass is 10.0. The minimum Gasteiger partial charge on any atom is -0.454 e. The second-order valence-corrected chi connectivity index (χ2v) is 9.85. The largest absolute Gasteiger partial charge is 0.454 e. The molecular weight excluding hydrogens is 470 g/mol. The highest BCUT2D eigenvalue weighted by atomic mass is 32.1. The monoisotopic (exact) mass is 499 g/mol. The van der Waals surface area contributed by atoms with Gasteiger partial charge in [-0.3, -0.25) is 4.79 Å². The minimum atomic E-state index is -0.112. The molecule has 0 saturated heterocycles. The molecule has 3 aromatic carbocycles. The maximum absolute atomic E-state index is 13.1. The van der Waals surface area contributed by atoms with E-state index in [1.54, 1.807) is 0 Å². The molecule has 4 aromatic rings. The second-order valence-electron chi connectivity index (χ2n) is 9.46. The number of H-pyrrole nitrogens is 1. The average molecular weight is 500 g/mol. The summed E-state index contributed by atoms with van der Waals surface area (Å²) in [6.07, 6.45) is 0. The molecule has 0 saturated carbocycles. The normalized spacial score (nSPS) is 12.1. The number of nitrogens with zero attached hydrogens (tertiary/aromatic N) is 1. The number of aromatic amines is 1. The maximum atomic E-state index is 13.1. The van der Waals surface area contributed by atoms with Crippen molar-refractivity contribution in [3.8, 4) is 11.5 Å². The number of aromatic nitrogens is 1. The summed E-state index contributed by atoms with van der Waals surface area (Å²) in [7, 11) is 0. The predicted octanol–water partition coefficient (Wildman–Crippen LogP) is 5.89. The fraction of sp³-hybridized carbons (Fsp3) is 0.241. The summed E-state index contributed by atoms with van der Waals surface area (Å²) in [6.45, 7) is 9.27. The van der Waals surface area contributed by atoms with Crippen molar-refractivity contribution in [1.29, 1.82) is 0 Å². The third-order valence-corrected chi connectivity index (χ3v) is 6.81. The molecule has 1 aliphatic rings. The van der Waals surface area contributed by atoms with Crippen LogP contribution >= 0.6 is 12.2 Å². The Hall–Kier alpha value is -3.84. The van der Waals surface area contributed by atoms with Crippen molar-refractivity contribution in [1.82, 2.24) is 9.88 Å². The summed E-state index contributed by atoms with van der Waals surface area (Å²) in [5, 5.41) is 4.95. The van der Waals surface area contributed by atoms with Crippen LogP contribution in [0.3, 0.4) is 0 Å². The molecule has 0 fully saturated rings. The molecule has 184 valence electrons. The van der Waals surface area contributed by atoms with E-state index in [4.69, 9.17) is 21.7 Å². The van der Waals surface area contributed by atoms with Crippen LogP contribution in [0.5, 0.6) is 11.5 Å². The Balaban J connectivity index is 1.49. The van der Waals surface area contributed by atoms with Crippen LogP contribution in [-0.2, 0) is 13.1 Å². The summed E-state index contributed by atoms with van der Waals surface area (Å²) in [6, 6.07) is 18.2. The first-order chi connectivity index (χ1) is 17.3. The maximum Gasteiger partial charge on any atom is 0.253 e. The van der Waals surface area contributed by atoms with Crippen molar-refractivity contribution in [2.24, 2.45) is 0 Å². The molecule has 1 aliphatic heterocycles. The van der Waals surface area contributed by atoms with Gasteiger partial charge >= 0.3 is 0 Å². The number of pyridine rings is 1. The van der Waals surface area contributed by atoms with Gasteiger partial charge in [0, 0.05) is 17.8 Å². The minimum absolute atomic E-state index is 0.112. The number of fused-ring (bicyclic) bond motifs is 2. The van der Waals surface area contributed by atoms with Gasteiger partial charge in [0.25, 0.3) is 5.56 Å². The molecule has 0 aliphatic carbocycles. The van der Waals surface area contributed by atoms with E-state index >= 15 is 0 Å². The first-order valence-corrected chi connectivity index (χ1v) is 12.3. The highest BCUT2D eigenvalue weighted by Gasteiger charge is 2.18. The molecular formula is C29H29N3O3S. The molecule has 0 bridgehead atoms. The molecule has 0 radical (unpaired) electrons. The molecule has 6 nitrogen and oxygen atoms in total. The molecule has 2 N–H and O–H groups in total. The number of nitrogens with one attached hydrogen (secondary N) is 2. The number of thiocarbonyl (C=S) groups is 1. The Morgan fingerprint density at radius 1 is 0.917 bits per heavy atom. The van der Waals surface area contributed by atoms with Crippen LogP contribution < -0.4 is 20.3 Å². The average Bonchev–Trinajstić information content (AvgIpc) is 3.29. The molecule has 1 aromatic heterocycles.